The summed E-state index contributed by atoms with van der Waals surface area (Å²) in [5.74, 6) is 0.108. The Hall–Kier alpha value is -2.73. The normalized spacial score (nSPS) is 15.8. The van der Waals surface area contributed by atoms with Gasteiger partial charge in [-0.3, -0.25) is 14.9 Å². The number of hydrogen-bond donors (Lipinski definition) is 1. The fourth-order valence-corrected chi connectivity index (χ4v) is 2.99. The van der Waals surface area contributed by atoms with Gasteiger partial charge in [0, 0.05) is 43.5 Å². The number of amides is 1. The van der Waals surface area contributed by atoms with Gasteiger partial charge in [-0.25, -0.2) is 0 Å². The first-order chi connectivity index (χ1) is 11.7. The minimum atomic E-state index is 0.108. The summed E-state index contributed by atoms with van der Waals surface area (Å²) in [6, 6.07) is 9.76. The van der Waals surface area contributed by atoms with Crippen molar-refractivity contribution >= 4 is 16.9 Å². The minimum Gasteiger partial charge on any atom is -0.336 e. The Labute approximate surface area is 140 Å². The van der Waals surface area contributed by atoms with Gasteiger partial charge in [-0.1, -0.05) is 12.1 Å². The molecule has 0 atom stereocenters. The SMILES string of the molecule is CN1CCN(C(=O)c2ccc(-c3cnc4cn[nH]c4c3)cc2)CC1. The fraction of sp³-hybridized carbons (Fsp3) is 0.278. The number of pyridine rings is 1. The Morgan fingerprint density at radius 3 is 2.54 bits per heavy atom. The van der Waals surface area contributed by atoms with Gasteiger partial charge in [-0.05, 0) is 30.8 Å². The third-order valence-corrected chi connectivity index (χ3v) is 4.55. The number of piperazine rings is 1. The van der Waals surface area contributed by atoms with Crippen molar-refractivity contribution < 1.29 is 4.79 Å². The van der Waals surface area contributed by atoms with Gasteiger partial charge >= 0.3 is 0 Å². The topological polar surface area (TPSA) is 65.1 Å². The number of carbonyl (C=O) groups excluding carboxylic acids is 1. The van der Waals surface area contributed by atoms with Gasteiger partial charge in [0.15, 0.2) is 0 Å². The first-order valence-corrected chi connectivity index (χ1v) is 8.08. The number of aromatic nitrogens is 3. The van der Waals surface area contributed by atoms with E-state index in [2.05, 4.69) is 27.1 Å². The first-order valence-electron chi connectivity index (χ1n) is 8.08. The van der Waals surface area contributed by atoms with E-state index in [0.29, 0.717) is 0 Å². The number of nitrogens with zero attached hydrogens (tertiary/aromatic N) is 4. The Morgan fingerprint density at radius 2 is 1.79 bits per heavy atom. The van der Waals surface area contributed by atoms with Gasteiger partial charge in [0.2, 0.25) is 0 Å². The standard InChI is InChI=1S/C18H19N5O/c1-22-6-8-23(9-7-22)18(24)14-4-2-13(3-5-14)15-10-16-17(19-11-15)12-20-21-16/h2-5,10-12H,6-9H2,1H3,(H,20,21). The van der Waals surface area contributed by atoms with Crippen LogP contribution in [-0.4, -0.2) is 64.1 Å². The van der Waals surface area contributed by atoms with Crippen LogP contribution in [0.2, 0.25) is 0 Å². The van der Waals surface area contributed by atoms with Crippen LogP contribution in [0.25, 0.3) is 22.2 Å². The predicted molar refractivity (Wildman–Crippen MR) is 92.7 cm³/mol. The molecule has 0 spiro atoms. The van der Waals surface area contributed by atoms with Gasteiger partial charge in [0.25, 0.3) is 5.91 Å². The van der Waals surface area contributed by atoms with Crippen molar-refractivity contribution in [1.29, 1.82) is 0 Å². The highest BCUT2D eigenvalue weighted by atomic mass is 16.2. The Bertz CT molecular complexity index is 863. The average molecular weight is 321 g/mol. The second kappa shape index (κ2) is 6.05. The number of likely N-dealkylation sites (N-methyl/N-ethyl adjacent to an activating group) is 1. The summed E-state index contributed by atoms with van der Waals surface area (Å²) in [5.41, 5.74) is 4.53. The zero-order chi connectivity index (χ0) is 16.5. The van der Waals surface area contributed by atoms with Crippen molar-refractivity contribution in [3.8, 4) is 11.1 Å². The summed E-state index contributed by atoms with van der Waals surface area (Å²) >= 11 is 0. The molecular formula is C18H19N5O. The van der Waals surface area contributed by atoms with Crippen LogP contribution in [0.5, 0.6) is 0 Å². The highest BCUT2D eigenvalue weighted by molar-refractivity contribution is 5.95. The number of hydrogen-bond acceptors (Lipinski definition) is 4. The van der Waals surface area contributed by atoms with Gasteiger partial charge in [0.05, 0.1) is 11.7 Å². The molecule has 6 heteroatoms. The number of carbonyl (C=O) groups is 1. The number of aromatic amines is 1. The molecule has 1 aromatic carbocycles. The summed E-state index contributed by atoms with van der Waals surface area (Å²) in [7, 11) is 2.08. The van der Waals surface area contributed by atoms with Crippen LogP contribution >= 0.6 is 0 Å². The summed E-state index contributed by atoms with van der Waals surface area (Å²) < 4.78 is 0. The maximum atomic E-state index is 12.6. The Balaban J connectivity index is 1.54. The molecule has 3 heterocycles. The molecule has 1 amide bonds. The lowest BCUT2D eigenvalue weighted by Crippen LogP contribution is -2.47. The van der Waals surface area contributed by atoms with Crippen LogP contribution in [0.1, 0.15) is 10.4 Å². The number of H-pyrrole nitrogens is 1. The molecule has 4 rings (SSSR count). The maximum Gasteiger partial charge on any atom is 0.253 e. The molecule has 24 heavy (non-hydrogen) atoms. The highest BCUT2D eigenvalue weighted by Crippen LogP contribution is 2.22. The molecule has 1 fully saturated rings. The van der Waals surface area contributed by atoms with Crippen molar-refractivity contribution in [2.24, 2.45) is 0 Å². The third kappa shape index (κ3) is 2.76. The molecule has 122 valence electrons. The highest BCUT2D eigenvalue weighted by Gasteiger charge is 2.20. The van der Waals surface area contributed by atoms with E-state index in [0.717, 1.165) is 53.9 Å². The molecule has 6 nitrogen and oxygen atoms in total. The summed E-state index contributed by atoms with van der Waals surface area (Å²) in [6.07, 6.45) is 3.53. The molecule has 1 N–H and O–H groups in total. The molecule has 1 saturated heterocycles. The smallest absolute Gasteiger partial charge is 0.253 e. The van der Waals surface area contributed by atoms with E-state index in [4.69, 9.17) is 0 Å². The Kier molecular flexibility index (Phi) is 3.74. The van der Waals surface area contributed by atoms with Crippen LogP contribution in [0, 0.1) is 0 Å². The second-order valence-corrected chi connectivity index (χ2v) is 6.20. The van der Waals surface area contributed by atoms with Crippen molar-refractivity contribution in [3.05, 3.63) is 48.3 Å². The van der Waals surface area contributed by atoms with E-state index in [1.54, 1.807) is 6.20 Å². The van der Waals surface area contributed by atoms with Crippen molar-refractivity contribution in [3.63, 3.8) is 0 Å². The van der Waals surface area contributed by atoms with Crippen LogP contribution in [0.4, 0.5) is 0 Å². The maximum absolute atomic E-state index is 12.6. The summed E-state index contributed by atoms with van der Waals surface area (Å²) in [6.45, 7) is 3.44. The molecule has 0 bridgehead atoms. The van der Waals surface area contributed by atoms with Gasteiger partial charge in [0.1, 0.15) is 5.52 Å². The summed E-state index contributed by atoms with van der Waals surface area (Å²) in [4.78, 5) is 21.1. The van der Waals surface area contributed by atoms with Crippen LogP contribution in [0.3, 0.4) is 0 Å². The molecule has 2 aromatic heterocycles. The monoisotopic (exact) mass is 321 g/mol. The van der Waals surface area contributed by atoms with Crippen LogP contribution < -0.4 is 0 Å². The van der Waals surface area contributed by atoms with Gasteiger partial charge < -0.3 is 9.80 Å². The van der Waals surface area contributed by atoms with E-state index < -0.39 is 0 Å². The number of nitrogens with one attached hydrogen (secondary N) is 1. The molecule has 1 aliphatic heterocycles. The molecule has 0 radical (unpaired) electrons. The van der Waals surface area contributed by atoms with Gasteiger partial charge in [-0.2, -0.15) is 5.10 Å². The molecule has 0 aliphatic carbocycles. The molecule has 0 saturated carbocycles. The summed E-state index contributed by atoms with van der Waals surface area (Å²) in [5, 5.41) is 6.92. The van der Waals surface area contributed by atoms with E-state index in [1.165, 1.54) is 0 Å². The van der Waals surface area contributed by atoms with Crippen molar-refractivity contribution in [1.82, 2.24) is 25.0 Å². The number of rotatable bonds is 2. The van der Waals surface area contributed by atoms with Crippen molar-refractivity contribution in [2.45, 2.75) is 0 Å². The van der Waals surface area contributed by atoms with Gasteiger partial charge in [-0.15, -0.1) is 0 Å². The predicted octanol–water partition coefficient (Wildman–Crippen LogP) is 2.01. The minimum absolute atomic E-state index is 0.108. The van der Waals surface area contributed by atoms with Crippen LogP contribution in [0.15, 0.2) is 42.7 Å². The fourth-order valence-electron chi connectivity index (χ4n) is 2.99. The molecular weight excluding hydrogens is 302 g/mol. The average Bonchev–Trinajstić information content (AvgIpc) is 3.09. The third-order valence-electron chi connectivity index (χ3n) is 4.55. The number of benzene rings is 1. The lowest BCUT2D eigenvalue weighted by molar-refractivity contribution is 0.0664. The zero-order valence-corrected chi connectivity index (χ0v) is 13.6. The molecule has 1 aliphatic rings. The van der Waals surface area contributed by atoms with E-state index >= 15 is 0 Å². The number of fused-ring (bicyclic) bond motifs is 1. The quantitative estimate of drug-likeness (QED) is 0.784. The van der Waals surface area contributed by atoms with E-state index in [9.17, 15) is 4.79 Å². The molecule has 0 unspecified atom stereocenters. The zero-order valence-electron chi connectivity index (χ0n) is 13.6. The second-order valence-electron chi connectivity index (χ2n) is 6.20. The van der Waals surface area contributed by atoms with Crippen molar-refractivity contribution in [2.75, 3.05) is 33.2 Å². The largest absolute Gasteiger partial charge is 0.336 e. The first kappa shape index (κ1) is 14.8. The lowest BCUT2D eigenvalue weighted by atomic mass is 10.0. The Morgan fingerprint density at radius 1 is 1.04 bits per heavy atom. The van der Waals surface area contributed by atoms with E-state index in [-0.39, 0.29) is 5.91 Å². The molecule has 3 aromatic rings. The van der Waals surface area contributed by atoms with Crippen LogP contribution in [-0.2, 0) is 0 Å². The van der Waals surface area contributed by atoms with E-state index in [1.807, 2.05) is 41.4 Å². The lowest BCUT2D eigenvalue weighted by Gasteiger charge is -2.32.